The monoisotopic (exact) mass is 434 g/mol. The molecule has 0 spiro atoms. The van der Waals surface area contributed by atoms with Gasteiger partial charge in [-0.25, -0.2) is 8.78 Å². The molecule has 0 bridgehead atoms. The van der Waals surface area contributed by atoms with E-state index in [1.807, 2.05) is 48.5 Å². The fourth-order valence-electron chi connectivity index (χ4n) is 4.29. The van der Waals surface area contributed by atoms with Crippen molar-refractivity contribution in [2.24, 2.45) is 5.92 Å². The molecule has 0 fully saturated rings. The topological polar surface area (TPSA) is 0 Å². The van der Waals surface area contributed by atoms with Crippen molar-refractivity contribution in [1.82, 2.24) is 0 Å². The molecule has 3 aromatic carbocycles. The standard InChI is InChI=1S/C30H36F2/c1-4-6-8-16-27-26(15-11-12-22(3)5-2)21-28(30(32)29(27)31)25-19-17-24(18-20-25)23-13-9-7-10-14-23/h7,9-10,13-14,17-22H,4-6,8,11-12,15-16H2,1-3H3. The quantitative estimate of drug-likeness (QED) is 0.264. The second-order valence-corrected chi connectivity index (χ2v) is 9.00. The van der Waals surface area contributed by atoms with Gasteiger partial charge in [-0.15, -0.1) is 0 Å². The first-order valence-electron chi connectivity index (χ1n) is 12.2. The Balaban J connectivity index is 1.92. The molecule has 170 valence electrons. The summed E-state index contributed by atoms with van der Waals surface area (Å²) in [6.45, 7) is 6.59. The van der Waals surface area contributed by atoms with Gasteiger partial charge in [0, 0.05) is 5.56 Å². The van der Waals surface area contributed by atoms with Crippen molar-refractivity contribution < 1.29 is 8.78 Å². The van der Waals surface area contributed by atoms with Crippen LogP contribution in [0.5, 0.6) is 0 Å². The number of unbranched alkanes of at least 4 members (excludes halogenated alkanes) is 2. The Morgan fingerprint density at radius 2 is 1.38 bits per heavy atom. The molecule has 0 heterocycles. The summed E-state index contributed by atoms with van der Waals surface area (Å²) in [6.07, 6.45) is 7.70. The molecule has 0 aliphatic carbocycles. The number of hydrogen-bond acceptors (Lipinski definition) is 0. The van der Waals surface area contributed by atoms with E-state index >= 15 is 8.78 Å². The maximum atomic E-state index is 15.3. The summed E-state index contributed by atoms with van der Waals surface area (Å²) in [6, 6.07) is 19.8. The van der Waals surface area contributed by atoms with Crippen LogP contribution in [0.15, 0.2) is 60.7 Å². The lowest BCUT2D eigenvalue weighted by molar-refractivity contribution is 0.484. The van der Waals surface area contributed by atoms with Crippen LogP contribution < -0.4 is 0 Å². The molecule has 0 amide bonds. The molecule has 1 unspecified atom stereocenters. The summed E-state index contributed by atoms with van der Waals surface area (Å²) in [5.41, 5.74) is 4.85. The third-order valence-corrected chi connectivity index (χ3v) is 6.57. The fourth-order valence-corrected chi connectivity index (χ4v) is 4.29. The second kappa shape index (κ2) is 11.9. The van der Waals surface area contributed by atoms with Gasteiger partial charge in [0.05, 0.1) is 0 Å². The summed E-state index contributed by atoms with van der Waals surface area (Å²) in [5, 5.41) is 0. The maximum Gasteiger partial charge on any atom is 0.166 e. The van der Waals surface area contributed by atoms with Crippen LogP contribution in [0.1, 0.15) is 70.4 Å². The van der Waals surface area contributed by atoms with Crippen molar-refractivity contribution >= 4 is 0 Å². The van der Waals surface area contributed by atoms with Crippen molar-refractivity contribution in [1.29, 1.82) is 0 Å². The average molecular weight is 435 g/mol. The Labute approximate surface area is 192 Å². The van der Waals surface area contributed by atoms with E-state index in [-0.39, 0.29) is 0 Å². The van der Waals surface area contributed by atoms with Crippen LogP contribution in [-0.4, -0.2) is 0 Å². The minimum atomic E-state index is -0.713. The zero-order valence-corrected chi connectivity index (χ0v) is 19.8. The lowest BCUT2D eigenvalue weighted by Crippen LogP contribution is -2.05. The SMILES string of the molecule is CCCCCc1c(CCCC(C)CC)cc(-c2ccc(-c3ccccc3)cc2)c(F)c1F. The summed E-state index contributed by atoms with van der Waals surface area (Å²) < 4.78 is 30.4. The molecule has 1 atom stereocenters. The van der Waals surface area contributed by atoms with Crippen LogP contribution in [0.3, 0.4) is 0 Å². The summed E-state index contributed by atoms with van der Waals surface area (Å²) in [7, 11) is 0. The van der Waals surface area contributed by atoms with Crippen LogP contribution in [0.2, 0.25) is 0 Å². The van der Waals surface area contributed by atoms with E-state index in [0.29, 0.717) is 23.5 Å². The van der Waals surface area contributed by atoms with Crippen LogP contribution in [0, 0.1) is 17.6 Å². The largest absolute Gasteiger partial charge is 0.203 e. The highest BCUT2D eigenvalue weighted by Crippen LogP contribution is 2.32. The normalized spacial score (nSPS) is 12.2. The van der Waals surface area contributed by atoms with Crippen molar-refractivity contribution in [2.45, 2.75) is 72.1 Å². The highest BCUT2D eigenvalue weighted by atomic mass is 19.2. The van der Waals surface area contributed by atoms with Crippen LogP contribution >= 0.6 is 0 Å². The van der Waals surface area contributed by atoms with E-state index in [1.54, 1.807) is 0 Å². The summed E-state index contributed by atoms with van der Waals surface area (Å²) in [4.78, 5) is 0. The van der Waals surface area contributed by atoms with Crippen molar-refractivity contribution in [3.8, 4) is 22.3 Å². The molecule has 0 aromatic heterocycles. The van der Waals surface area contributed by atoms with E-state index in [2.05, 4.69) is 32.9 Å². The Morgan fingerprint density at radius 1 is 0.719 bits per heavy atom. The molecule has 32 heavy (non-hydrogen) atoms. The first-order valence-corrected chi connectivity index (χ1v) is 12.2. The molecule has 0 saturated carbocycles. The number of rotatable bonds is 11. The van der Waals surface area contributed by atoms with Gasteiger partial charge in [0.25, 0.3) is 0 Å². The smallest absolute Gasteiger partial charge is 0.166 e. The minimum absolute atomic E-state index is 0.375. The second-order valence-electron chi connectivity index (χ2n) is 9.00. The van der Waals surface area contributed by atoms with Gasteiger partial charge < -0.3 is 0 Å². The molecular formula is C30H36F2. The van der Waals surface area contributed by atoms with Crippen molar-refractivity contribution in [2.75, 3.05) is 0 Å². The van der Waals surface area contributed by atoms with Gasteiger partial charge in [-0.3, -0.25) is 0 Å². The predicted octanol–water partition coefficient (Wildman–Crippen LogP) is 9.40. The molecule has 0 radical (unpaired) electrons. The van der Waals surface area contributed by atoms with Gasteiger partial charge in [-0.05, 0) is 65.5 Å². The van der Waals surface area contributed by atoms with E-state index in [0.717, 1.165) is 67.2 Å². The molecule has 0 aliphatic heterocycles. The first-order chi connectivity index (χ1) is 15.5. The van der Waals surface area contributed by atoms with Crippen LogP contribution in [0.4, 0.5) is 8.78 Å². The number of halogens is 2. The molecule has 0 N–H and O–H groups in total. The zero-order chi connectivity index (χ0) is 22.9. The minimum Gasteiger partial charge on any atom is -0.203 e. The third-order valence-electron chi connectivity index (χ3n) is 6.57. The molecular weight excluding hydrogens is 398 g/mol. The predicted molar refractivity (Wildman–Crippen MR) is 133 cm³/mol. The Bertz CT molecular complexity index is 974. The average Bonchev–Trinajstić information content (AvgIpc) is 2.83. The lowest BCUT2D eigenvalue weighted by atomic mass is 9.90. The van der Waals surface area contributed by atoms with Crippen LogP contribution in [0.25, 0.3) is 22.3 Å². The fraction of sp³-hybridized carbons (Fsp3) is 0.400. The molecule has 0 nitrogen and oxygen atoms in total. The van der Waals surface area contributed by atoms with Gasteiger partial charge in [0.2, 0.25) is 0 Å². The van der Waals surface area contributed by atoms with E-state index in [4.69, 9.17) is 0 Å². The summed E-state index contributed by atoms with van der Waals surface area (Å²) in [5.74, 6) is -0.701. The lowest BCUT2D eigenvalue weighted by Gasteiger charge is -2.16. The van der Waals surface area contributed by atoms with Crippen molar-refractivity contribution in [3.63, 3.8) is 0 Å². The maximum absolute atomic E-state index is 15.3. The Morgan fingerprint density at radius 3 is 2.03 bits per heavy atom. The number of aryl methyl sites for hydroxylation is 1. The first kappa shape index (κ1) is 24.2. The van der Waals surface area contributed by atoms with Crippen molar-refractivity contribution in [3.05, 3.63) is 83.4 Å². The van der Waals surface area contributed by atoms with Gasteiger partial charge in [-0.2, -0.15) is 0 Å². The molecule has 3 rings (SSSR count). The van der Waals surface area contributed by atoms with E-state index in [9.17, 15) is 0 Å². The highest BCUT2D eigenvalue weighted by Gasteiger charge is 2.19. The number of benzene rings is 3. The Hall–Kier alpha value is -2.48. The molecule has 0 aliphatic rings. The van der Waals surface area contributed by atoms with E-state index in [1.165, 1.54) is 0 Å². The van der Waals surface area contributed by atoms with Gasteiger partial charge in [0.1, 0.15) is 0 Å². The third kappa shape index (κ3) is 6.06. The highest BCUT2D eigenvalue weighted by molar-refractivity contribution is 5.71. The van der Waals surface area contributed by atoms with Crippen LogP contribution in [-0.2, 0) is 12.8 Å². The number of hydrogen-bond donors (Lipinski definition) is 0. The molecule has 2 heteroatoms. The zero-order valence-electron chi connectivity index (χ0n) is 19.8. The Kier molecular flexibility index (Phi) is 9.02. The molecule has 0 saturated heterocycles. The van der Waals surface area contributed by atoms with E-state index < -0.39 is 11.6 Å². The van der Waals surface area contributed by atoms with Gasteiger partial charge in [-0.1, -0.05) is 101 Å². The van der Waals surface area contributed by atoms with Gasteiger partial charge >= 0.3 is 0 Å². The summed E-state index contributed by atoms with van der Waals surface area (Å²) >= 11 is 0. The molecule has 3 aromatic rings. The van der Waals surface area contributed by atoms with Gasteiger partial charge in [0.15, 0.2) is 11.6 Å².